The van der Waals surface area contributed by atoms with Gasteiger partial charge in [0, 0.05) is 18.4 Å². The average Bonchev–Trinajstić information content (AvgIpc) is 2.82. The van der Waals surface area contributed by atoms with Crippen molar-refractivity contribution < 1.29 is 17.6 Å². The Morgan fingerprint density at radius 3 is 2.80 bits per heavy atom. The van der Waals surface area contributed by atoms with Crippen molar-refractivity contribution in [3.05, 3.63) is 55.9 Å². The van der Waals surface area contributed by atoms with E-state index < -0.39 is 21.6 Å². The number of hydrogen-bond acceptors (Lipinski definition) is 4. The Labute approximate surface area is 153 Å². The van der Waals surface area contributed by atoms with Gasteiger partial charge in [0.1, 0.15) is 5.82 Å². The zero-order chi connectivity index (χ0) is 17.9. The van der Waals surface area contributed by atoms with Crippen LogP contribution in [-0.4, -0.2) is 38.6 Å². The molecular formula is C17H16BrFN2O3S. The fourth-order valence-corrected chi connectivity index (χ4v) is 6.08. The summed E-state index contributed by atoms with van der Waals surface area (Å²) < 4.78 is 39.5. The first kappa shape index (κ1) is 16.8. The van der Waals surface area contributed by atoms with Crippen LogP contribution in [-0.2, 0) is 14.6 Å². The Kier molecular flexibility index (Phi) is 3.81. The predicted molar refractivity (Wildman–Crippen MR) is 94.7 cm³/mol. The lowest BCUT2D eigenvalue weighted by Gasteiger charge is -2.33. The van der Waals surface area contributed by atoms with E-state index in [1.165, 1.54) is 6.07 Å². The highest BCUT2D eigenvalue weighted by Gasteiger charge is 2.45. The van der Waals surface area contributed by atoms with Crippen molar-refractivity contribution in [1.29, 1.82) is 0 Å². The third-order valence-electron chi connectivity index (χ3n) is 4.90. The molecule has 0 saturated carbocycles. The summed E-state index contributed by atoms with van der Waals surface area (Å²) in [5, 5.41) is 3.19. The molecule has 0 fully saturated rings. The number of nitrogens with zero attached hydrogens (tertiary/aromatic N) is 1. The van der Waals surface area contributed by atoms with Crippen molar-refractivity contribution in [3.8, 4) is 0 Å². The van der Waals surface area contributed by atoms with Crippen LogP contribution < -0.4 is 5.32 Å². The Bertz CT molecular complexity index is 968. The Morgan fingerprint density at radius 1 is 1.32 bits per heavy atom. The van der Waals surface area contributed by atoms with Gasteiger partial charge in [-0.25, -0.2) is 12.8 Å². The lowest BCUT2D eigenvalue weighted by atomic mass is 9.86. The van der Waals surface area contributed by atoms with Crippen LogP contribution in [0.4, 0.5) is 4.39 Å². The summed E-state index contributed by atoms with van der Waals surface area (Å²) in [5.74, 6) is -1.24. The molecule has 1 atom stereocenters. The number of sulfone groups is 1. The fourth-order valence-electron chi connectivity index (χ4n) is 3.79. The Morgan fingerprint density at radius 2 is 2.08 bits per heavy atom. The molecule has 3 heterocycles. The summed E-state index contributed by atoms with van der Waals surface area (Å²) in [6, 6.07) is 4.41. The molecule has 132 valence electrons. The molecule has 1 amide bonds. The van der Waals surface area contributed by atoms with E-state index in [0.29, 0.717) is 36.2 Å². The summed E-state index contributed by atoms with van der Waals surface area (Å²) in [6.45, 7) is 0.420. The molecule has 8 heteroatoms. The van der Waals surface area contributed by atoms with Crippen LogP contribution in [0.2, 0.25) is 0 Å². The highest BCUT2D eigenvalue weighted by atomic mass is 79.9. The number of carbonyl (C=O) groups excluding carboxylic acids is 1. The van der Waals surface area contributed by atoms with Crippen LogP contribution in [0.1, 0.15) is 24.3 Å². The third-order valence-corrected chi connectivity index (χ3v) is 7.49. The van der Waals surface area contributed by atoms with Crippen LogP contribution in [0.5, 0.6) is 0 Å². The molecule has 0 bridgehead atoms. The molecule has 0 aliphatic carbocycles. The SMILES string of the molecule is CN1CC2=C(C1=O)C(c1ccc(F)c(Br)c1)C1=C(CCCS1(=O)=O)N2. The van der Waals surface area contributed by atoms with Gasteiger partial charge in [-0.1, -0.05) is 6.07 Å². The molecule has 4 rings (SSSR count). The highest BCUT2D eigenvalue weighted by molar-refractivity contribution is 9.10. The van der Waals surface area contributed by atoms with E-state index >= 15 is 0 Å². The molecular weight excluding hydrogens is 411 g/mol. The molecule has 1 unspecified atom stereocenters. The van der Waals surface area contributed by atoms with Crippen molar-refractivity contribution in [1.82, 2.24) is 10.2 Å². The van der Waals surface area contributed by atoms with Crippen molar-refractivity contribution in [3.63, 3.8) is 0 Å². The van der Waals surface area contributed by atoms with Gasteiger partial charge < -0.3 is 10.2 Å². The molecule has 5 nitrogen and oxygen atoms in total. The van der Waals surface area contributed by atoms with Gasteiger partial charge in [-0.3, -0.25) is 4.79 Å². The van der Waals surface area contributed by atoms with Crippen LogP contribution >= 0.6 is 15.9 Å². The zero-order valence-corrected chi connectivity index (χ0v) is 15.9. The van der Waals surface area contributed by atoms with E-state index in [1.807, 2.05) is 0 Å². The molecule has 0 aromatic heterocycles. The molecule has 25 heavy (non-hydrogen) atoms. The number of nitrogens with one attached hydrogen (secondary N) is 1. The number of amides is 1. The summed E-state index contributed by atoms with van der Waals surface area (Å²) in [4.78, 5) is 14.5. The van der Waals surface area contributed by atoms with Crippen molar-refractivity contribution in [2.24, 2.45) is 0 Å². The number of dihydropyridines is 1. The van der Waals surface area contributed by atoms with Gasteiger partial charge in [-0.2, -0.15) is 0 Å². The van der Waals surface area contributed by atoms with Gasteiger partial charge in [-0.05, 0) is 46.5 Å². The minimum absolute atomic E-state index is 0.0685. The summed E-state index contributed by atoms with van der Waals surface area (Å²) >= 11 is 3.16. The first-order valence-electron chi connectivity index (χ1n) is 7.96. The normalized spacial score (nSPS) is 25.0. The molecule has 1 aromatic carbocycles. The first-order valence-corrected chi connectivity index (χ1v) is 10.4. The van der Waals surface area contributed by atoms with Gasteiger partial charge in [0.2, 0.25) is 0 Å². The summed E-state index contributed by atoms with van der Waals surface area (Å²) in [5.41, 5.74) is 2.46. The standard InChI is InChI=1S/C17H16BrFN2O3S/c1-21-8-13-15(17(21)22)14(9-4-5-11(19)10(18)7-9)16-12(20-13)3-2-6-25(16,23)24/h4-5,7,14,20H,2-3,6,8H2,1H3. The quantitative estimate of drug-likeness (QED) is 0.748. The number of rotatable bonds is 1. The second kappa shape index (κ2) is 5.67. The van der Waals surface area contributed by atoms with E-state index in [2.05, 4.69) is 21.2 Å². The molecule has 3 aliphatic heterocycles. The monoisotopic (exact) mass is 426 g/mol. The largest absolute Gasteiger partial charge is 0.360 e. The van der Waals surface area contributed by atoms with Crippen LogP contribution in [0.15, 0.2) is 44.5 Å². The van der Waals surface area contributed by atoms with E-state index in [9.17, 15) is 17.6 Å². The second-order valence-electron chi connectivity index (χ2n) is 6.55. The first-order chi connectivity index (χ1) is 11.8. The molecule has 3 aliphatic rings. The van der Waals surface area contributed by atoms with E-state index in [0.717, 1.165) is 5.70 Å². The number of benzene rings is 1. The van der Waals surface area contributed by atoms with Gasteiger partial charge in [0.25, 0.3) is 5.91 Å². The number of likely N-dealkylation sites (N-methyl/N-ethyl adjacent to an activating group) is 1. The van der Waals surface area contributed by atoms with Gasteiger partial charge >= 0.3 is 0 Å². The number of halogens is 2. The van der Waals surface area contributed by atoms with Gasteiger partial charge in [-0.15, -0.1) is 0 Å². The van der Waals surface area contributed by atoms with Gasteiger partial charge in [0.15, 0.2) is 9.84 Å². The lowest BCUT2D eigenvalue weighted by molar-refractivity contribution is -0.124. The maximum Gasteiger partial charge on any atom is 0.252 e. The van der Waals surface area contributed by atoms with E-state index in [4.69, 9.17) is 0 Å². The number of carbonyl (C=O) groups is 1. The third kappa shape index (κ3) is 2.54. The van der Waals surface area contributed by atoms with E-state index in [1.54, 1.807) is 24.1 Å². The van der Waals surface area contributed by atoms with Crippen LogP contribution in [0, 0.1) is 5.82 Å². The molecule has 1 aromatic rings. The zero-order valence-electron chi connectivity index (χ0n) is 13.5. The minimum Gasteiger partial charge on any atom is -0.360 e. The van der Waals surface area contributed by atoms with Crippen molar-refractivity contribution >= 4 is 31.7 Å². The molecule has 0 radical (unpaired) electrons. The lowest BCUT2D eigenvalue weighted by Crippen LogP contribution is -2.34. The molecule has 0 spiro atoms. The maximum absolute atomic E-state index is 13.7. The van der Waals surface area contributed by atoms with E-state index in [-0.39, 0.29) is 21.0 Å². The Balaban J connectivity index is 1.96. The molecule has 0 saturated heterocycles. The predicted octanol–water partition coefficient (Wildman–Crippen LogP) is 2.42. The van der Waals surface area contributed by atoms with Gasteiger partial charge in [0.05, 0.1) is 33.2 Å². The fraction of sp³-hybridized carbons (Fsp3) is 0.353. The Hall–Kier alpha value is -1.67. The van der Waals surface area contributed by atoms with Crippen molar-refractivity contribution in [2.45, 2.75) is 18.8 Å². The minimum atomic E-state index is -3.48. The smallest absolute Gasteiger partial charge is 0.252 e. The van der Waals surface area contributed by atoms with Crippen LogP contribution in [0.25, 0.3) is 0 Å². The van der Waals surface area contributed by atoms with Crippen LogP contribution in [0.3, 0.4) is 0 Å². The highest BCUT2D eigenvalue weighted by Crippen LogP contribution is 2.46. The van der Waals surface area contributed by atoms with Crippen molar-refractivity contribution in [2.75, 3.05) is 19.3 Å². The molecule has 1 N–H and O–H groups in total. The number of hydrogen-bond donors (Lipinski definition) is 1. The topological polar surface area (TPSA) is 66.5 Å². The second-order valence-corrected chi connectivity index (χ2v) is 9.48. The summed E-state index contributed by atoms with van der Waals surface area (Å²) in [7, 11) is -1.79. The summed E-state index contributed by atoms with van der Waals surface area (Å²) in [6.07, 6.45) is 1.18. The maximum atomic E-state index is 13.7. The number of allylic oxidation sites excluding steroid dienone is 2. The average molecular weight is 427 g/mol.